The molecule has 0 bridgehead atoms. The molecule has 0 saturated carbocycles. The summed E-state index contributed by atoms with van der Waals surface area (Å²) in [6.45, 7) is 0. The number of aromatic nitrogens is 4. The highest BCUT2D eigenvalue weighted by Gasteiger charge is 2.07. The van der Waals surface area contributed by atoms with E-state index in [-0.39, 0.29) is 5.95 Å². The van der Waals surface area contributed by atoms with Gasteiger partial charge in [0.1, 0.15) is 5.75 Å². The van der Waals surface area contributed by atoms with Crippen molar-refractivity contribution in [1.82, 2.24) is 19.7 Å². The number of hydrogen-bond acceptors (Lipinski definition) is 5. The lowest BCUT2D eigenvalue weighted by molar-refractivity contribution is 0.414. The second kappa shape index (κ2) is 3.99. The lowest BCUT2D eigenvalue weighted by Gasteiger charge is -2.04. The van der Waals surface area contributed by atoms with Crippen molar-refractivity contribution in [3.8, 4) is 11.4 Å². The Morgan fingerprint density at radius 3 is 2.67 bits per heavy atom. The van der Waals surface area contributed by atoms with E-state index >= 15 is 0 Å². The number of nitrogens with zero attached hydrogens (tertiary/aromatic N) is 4. The number of nitrogen functional groups attached to an aromatic ring is 1. The summed E-state index contributed by atoms with van der Waals surface area (Å²) >= 11 is 0. The average molecular weight is 241 g/mol. The zero-order valence-corrected chi connectivity index (χ0v) is 9.74. The van der Waals surface area contributed by atoms with Gasteiger partial charge in [-0.1, -0.05) is 0 Å². The van der Waals surface area contributed by atoms with Crippen LogP contribution in [0.3, 0.4) is 0 Å². The highest BCUT2D eigenvalue weighted by Crippen LogP contribution is 2.18. The molecule has 0 unspecified atom stereocenters. The van der Waals surface area contributed by atoms with Gasteiger partial charge in [-0.15, -0.1) is 0 Å². The fourth-order valence-corrected chi connectivity index (χ4v) is 1.74. The van der Waals surface area contributed by atoms with Crippen LogP contribution in [0.4, 0.5) is 5.95 Å². The Kier molecular flexibility index (Phi) is 2.33. The summed E-state index contributed by atoms with van der Waals surface area (Å²) in [6.07, 6.45) is 3.36. The van der Waals surface area contributed by atoms with Crippen molar-refractivity contribution in [2.45, 2.75) is 0 Å². The summed E-state index contributed by atoms with van der Waals surface area (Å²) in [5.74, 6) is 1.03. The fraction of sp³-hybridized carbons (Fsp3) is 0.0833. The molecule has 0 aliphatic carbocycles. The first-order valence-electron chi connectivity index (χ1n) is 5.38. The van der Waals surface area contributed by atoms with Crippen LogP contribution >= 0.6 is 0 Å². The first-order chi connectivity index (χ1) is 8.78. The normalized spacial score (nSPS) is 10.7. The Balaban J connectivity index is 2.15. The molecule has 90 valence electrons. The van der Waals surface area contributed by atoms with Gasteiger partial charge >= 0.3 is 0 Å². The average Bonchev–Trinajstić information content (AvgIpc) is 2.82. The van der Waals surface area contributed by atoms with E-state index in [0.29, 0.717) is 5.65 Å². The van der Waals surface area contributed by atoms with E-state index in [4.69, 9.17) is 10.5 Å². The minimum atomic E-state index is 0.234. The van der Waals surface area contributed by atoms with Gasteiger partial charge < -0.3 is 10.5 Å². The zero-order valence-electron chi connectivity index (χ0n) is 9.74. The molecule has 3 aromatic rings. The van der Waals surface area contributed by atoms with E-state index in [1.54, 1.807) is 24.2 Å². The number of methoxy groups -OCH3 is 1. The second-order valence-corrected chi connectivity index (χ2v) is 3.76. The second-order valence-electron chi connectivity index (χ2n) is 3.76. The maximum atomic E-state index is 5.59. The van der Waals surface area contributed by atoms with Crippen molar-refractivity contribution in [2.75, 3.05) is 12.8 Å². The Morgan fingerprint density at radius 1 is 1.17 bits per heavy atom. The van der Waals surface area contributed by atoms with Crippen molar-refractivity contribution in [3.63, 3.8) is 0 Å². The summed E-state index contributed by atoms with van der Waals surface area (Å²) < 4.78 is 6.83. The van der Waals surface area contributed by atoms with E-state index in [1.807, 2.05) is 24.3 Å². The molecular formula is C12H11N5O. The van der Waals surface area contributed by atoms with Crippen LogP contribution in [-0.4, -0.2) is 26.9 Å². The number of benzene rings is 1. The Morgan fingerprint density at radius 2 is 1.94 bits per heavy atom. The van der Waals surface area contributed by atoms with E-state index < -0.39 is 0 Å². The molecule has 2 aromatic heterocycles. The SMILES string of the molecule is COc1ccc(-n2ncc3cnc(N)nc32)cc1. The quantitative estimate of drug-likeness (QED) is 0.733. The van der Waals surface area contributed by atoms with Gasteiger partial charge in [-0.2, -0.15) is 10.1 Å². The topological polar surface area (TPSA) is 78.8 Å². The minimum Gasteiger partial charge on any atom is -0.497 e. The third-order valence-corrected chi connectivity index (χ3v) is 2.64. The molecule has 0 spiro atoms. The molecule has 0 atom stereocenters. The third-order valence-electron chi connectivity index (χ3n) is 2.64. The monoisotopic (exact) mass is 241 g/mol. The van der Waals surface area contributed by atoms with Crippen LogP contribution in [0.15, 0.2) is 36.7 Å². The van der Waals surface area contributed by atoms with Gasteiger partial charge in [0.25, 0.3) is 0 Å². The van der Waals surface area contributed by atoms with Crippen molar-refractivity contribution in [1.29, 1.82) is 0 Å². The molecule has 3 rings (SSSR count). The minimum absolute atomic E-state index is 0.234. The molecule has 0 amide bonds. The Bertz CT molecular complexity index is 689. The number of rotatable bonds is 2. The van der Waals surface area contributed by atoms with E-state index in [9.17, 15) is 0 Å². The summed E-state index contributed by atoms with van der Waals surface area (Å²) in [7, 11) is 1.63. The lowest BCUT2D eigenvalue weighted by atomic mass is 10.3. The third kappa shape index (κ3) is 1.64. The smallest absolute Gasteiger partial charge is 0.222 e. The maximum Gasteiger partial charge on any atom is 0.222 e. The lowest BCUT2D eigenvalue weighted by Crippen LogP contribution is -2.00. The summed E-state index contributed by atoms with van der Waals surface area (Å²) in [5.41, 5.74) is 7.17. The molecule has 18 heavy (non-hydrogen) atoms. The van der Waals surface area contributed by atoms with Crippen LogP contribution in [0.25, 0.3) is 16.7 Å². The molecule has 2 heterocycles. The van der Waals surface area contributed by atoms with Crippen LogP contribution in [0, 0.1) is 0 Å². The van der Waals surface area contributed by atoms with Crippen molar-refractivity contribution < 1.29 is 4.74 Å². The van der Waals surface area contributed by atoms with Gasteiger partial charge in [-0.25, -0.2) is 9.67 Å². The number of hydrogen-bond donors (Lipinski definition) is 1. The van der Waals surface area contributed by atoms with Crippen molar-refractivity contribution >= 4 is 17.0 Å². The molecule has 6 heteroatoms. The largest absolute Gasteiger partial charge is 0.497 e. The van der Waals surface area contributed by atoms with E-state index in [0.717, 1.165) is 16.8 Å². The molecular weight excluding hydrogens is 230 g/mol. The summed E-state index contributed by atoms with van der Waals surface area (Å²) in [4.78, 5) is 8.13. The number of fused-ring (bicyclic) bond motifs is 1. The van der Waals surface area contributed by atoms with Crippen LogP contribution < -0.4 is 10.5 Å². The van der Waals surface area contributed by atoms with Crippen LogP contribution in [0.1, 0.15) is 0 Å². The molecule has 6 nitrogen and oxygen atoms in total. The van der Waals surface area contributed by atoms with Crippen LogP contribution in [0.5, 0.6) is 5.75 Å². The highest BCUT2D eigenvalue weighted by atomic mass is 16.5. The molecule has 0 aliphatic heterocycles. The maximum absolute atomic E-state index is 5.59. The predicted octanol–water partition coefficient (Wildman–Crippen LogP) is 1.41. The van der Waals surface area contributed by atoms with Gasteiger partial charge in [0.15, 0.2) is 5.65 Å². The van der Waals surface area contributed by atoms with E-state index in [2.05, 4.69) is 15.1 Å². The fourth-order valence-electron chi connectivity index (χ4n) is 1.74. The van der Waals surface area contributed by atoms with Gasteiger partial charge in [-0.3, -0.25) is 0 Å². The van der Waals surface area contributed by atoms with Gasteiger partial charge in [0.2, 0.25) is 5.95 Å². The molecule has 0 aliphatic rings. The molecule has 0 fully saturated rings. The number of anilines is 1. The standard InChI is InChI=1S/C12H11N5O/c1-18-10-4-2-9(3-5-10)17-11-8(7-15-17)6-14-12(13)16-11/h2-7H,1H3,(H2,13,14,16). The first kappa shape index (κ1) is 10.5. The van der Waals surface area contributed by atoms with Crippen molar-refractivity contribution in [2.24, 2.45) is 0 Å². The molecule has 0 radical (unpaired) electrons. The Labute approximate surface area is 103 Å². The predicted molar refractivity (Wildman–Crippen MR) is 67.6 cm³/mol. The van der Waals surface area contributed by atoms with Crippen LogP contribution in [0.2, 0.25) is 0 Å². The van der Waals surface area contributed by atoms with Gasteiger partial charge in [-0.05, 0) is 24.3 Å². The highest BCUT2D eigenvalue weighted by molar-refractivity contribution is 5.76. The van der Waals surface area contributed by atoms with Crippen LogP contribution in [-0.2, 0) is 0 Å². The summed E-state index contributed by atoms with van der Waals surface area (Å²) in [5, 5.41) is 5.13. The van der Waals surface area contributed by atoms with E-state index in [1.165, 1.54) is 0 Å². The number of nitrogens with two attached hydrogens (primary N) is 1. The van der Waals surface area contributed by atoms with Gasteiger partial charge in [0, 0.05) is 6.20 Å². The van der Waals surface area contributed by atoms with Gasteiger partial charge in [0.05, 0.1) is 24.4 Å². The number of ether oxygens (including phenoxy) is 1. The molecule has 0 saturated heterocycles. The molecule has 2 N–H and O–H groups in total. The summed E-state index contributed by atoms with van der Waals surface area (Å²) in [6, 6.07) is 7.55. The molecule has 1 aromatic carbocycles. The zero-order chi connectivity index (χ0) is 12.5. The Hall–Kier alpha value is -2.63. The first-order valence-corrected chi connectivity index (χ1v) is 5.38. The van der Waals surface area contributed by atoms with Crippen molar-refractivity contribution in [3.05, 3.63) is 36.7 Å².